The molecule has 172 valence electrons. The van der Waals surface area contributed by atoms with Crippen LogP contribution in [0, 0.1) is 0 Å². The quantitative estimate of drug-likeness (QED) is 0.321. The fraction of sp³-hybridized carbons (Fsp3) is 0.455. The van der Waals surface area contributed by atoms with Gasteiger partial charge in [0.05, 0.1) is 27.2 Å². The summed E-state index contributed by atoms with van der Waals surface area (Å²) in [5.41, 5.74) is 8.99. The lowest BCUT2D eigenvalue weighted by Crippen LogP contribution is -2.10. The number of carbonyl (C=O) groups is 1. The molecule has 3 N–H and O–H groups in total. The third-order valence-electron chi connectivity index (χ3n) is 4.87. The van der Waals surface area contributed by atoms with Gasteiger partial charge in [-0.25, -0.2) is 0 Å². The standard InChI is InChI=1S/C22H30N6O4/c1-4-5-12-32-21-26-19(23)18-20(27-21)28(22(25-18)31-3)11-7-10-24-16-9-6-8-15(13-16)14-17(29)30-2/h6,8-9,13,24H,4-5,7,10-12,14H2,1-3H3,(H2,23,26,27). The Kier molecular flexibility index (Phi) is 8.07. The van der Waals surface area contributed by atoms with Crippen LogP contribution in [-0.4, -0.2) is 52.9 Å². The van der Waals surface area contributed by atoms with Gasteiger partial charge in [0.25, 0.3) is 6.01 Å². The van der Waals surface area contributed by atoms with Gasteiger partial charge >= 0.3 is 12.0 Å². The Balaban J connectivity index is 1.66. The molecule has 10 heteroatoms. The van der Waals surface area contributed by atoms with Crippen LogP contribution < -0.4 is 20.5 Å². The molecule has 0 aliphatic carbocycles. The van der Waals surface area contributed by atoms with Crippen molar-refractivity contribution >= 4 is 28.6 Å². The molecule has 0 radical (unpaired) electrons. The molecule has 1 aromatic carbocycles. The lowest BCUT2D eigenvalue weighted by Gasteiger charge is -2.10. The highest BCUT2D eigenvalue weighted by Crippen LogP contribution is 2.25. The average molecular weight is 443 g/mol. The van der Waals surface area contributed by atoms with Crippen molar-refractivity contribution in [1.82, 2.24) is 19.5 Å². The number of aromatic nitrogens is 4. The maximum Gasteiger partial charge on any atom is 0.320 e. The van der Waals surface area contributed by atoms with Crippen molar-refractivity contribution in [2.24, 2.45) is 0 Å². The Hall–Kier alpha value is -3.56. The molecule has 0 unspecified atom stereocenters. The highest BCUT2D eigenvalue weighted by molar-refractivity contribution is 5.83. The number of ether oxygens (including phenoxy) is 3. The summed E-state index contributed by atoms with van der Waals surface area (Å²) < 4.78 is 17.7. The molecular formula is C22H30N6O4. The van der Waals surface area contributed by atoms with Crippen LogP contribution in [0.1, 0.15) is 31.7 Å². The predicted molar refractivity (Wildman–Crippen MR) is 122 cm³/mol. The molecule has 32 heavy (non-hydrogen) atoms. The molecule has 2 heterocycles. The summed E-state index contributed by atoms with van der Waals surface area (Å²) in [6, 6.07) is 8.38. The number of esters is 1. The predicted octanol–water partition coefficient (Wildman–Crippen LogP) is 2.81. The molecule has 0 atom stereocenters. The van der Waals surface area contributed by atoms with Crippen molar-refractivity contribution in [2.45, 2.75) is 39.2 Å². The van der Waals surface area contributed by atoms with E-state index in [0.29, 0.717) is 36.9 Å². The van der Waals surface area contributed by atoms with Crippen molar-refractivity contribution in [1.29, 1.82) is 0 Å². The maximum atomic E-state index is 11.5. The van der Waals surface area contributed by atoms with Crippen molar-refractivity contribution in [3.05, 3.63) is 29.8 Å². The van der Waals surface area contributed by atoms with Gasteiger partial charge in [0, 0.05) is 18.8 Å². The number of nitrogens with two attached hydrogens (primary N) is 1. The van der Waals surface area contributed by atoms with Gasteiger partial charge in [-0.15, -0.1) is 0 Å². The fourth-order valence-electron chi connectivity index (χ4n) is 3.21. The van der Waals surface area contributed by atoms with Gasteiger partial charge in [-0.1, -0.05) is 25.5 Å². The third-order valence-corrected chi connectivity index (χ3v) is 4.87. The van der Waals surface area contributed by atoms with Crippen LogP contribution in [0.25, 0.3) is 11.2 Å². The minimum atomic E-state index is -0.263. The van der Waals surface area contributed by atoms with E-state index in [1.165, 1.54) is 7.11 Å². The minimum absolute atomic E-state index is 0.243. The summed E-state index contributed by atoms with van der Waals surface area (Å²) in [5.74, 6) is -0.000342. The number of unbranched alkanes of at least 4 members (excludes halogenated alkanes) is 1. The fourth-order valence-corrected chi connectivity index (χ4v) is 3.21. The molecule has 0 aliphatic rings. The SMILES string of the molecule is CCCCOc1nc(N)c2nc(OC)n(CCCNc3cccc(CC(=O)OC)c3)c2n1. The number of aryl methyl sites for hydroxylation is 1. The molecule has 10 nitrogen and oxygen atoms in total. The summed E-state index contributed by atoms with van der Waals surface area (Å²) >= 11 is 0. The van der Waals surface area contributed by atoms with E-state index < -0.39 is 0 Å². The molecule has 3 rings (SSSR count). The average Bonchev–Trinajstić information content (AvgIpc) is 3.15. The first-order valence-corrected chi connectivity index (χ1v) is 10.7. The van der Waals surface area contributed by atoms with Gasteiger partial charge < -0.3 is 25.3 Å². The Morgan fingerprint density at radius 1 is 1.19 bits per heavy atom. The summed E-state index contributed by atoms with van der Waals surface area (Å²) in [7, 11) is 2.95. The van der Waals surface area contributed by atoms with E-state index in [1.807, 2.05) is 28.8 Å². The molecule has 0 saturated carbocycles. The summed E-state index contributed by atoms with van der Waals surface area (Å²) in [6.07, 6.45) is 2.95. The number of hydrogen-bond donors (Lipinski definition) is 2. The van der Waals surface area contributed by atoms with Crippen LogP contribution in [0.4, 0.5) is 11.5 Å². The smallest absolute Gasteiger partial charge is 0.320 e. The van der Waals surface area contributed by atoms with Crippen LogP contribution in [0.2, 0.25) is 0 Å². The van der Waals surface area contributed by atoms with E-state index in [0.717, 1.165) is 30.5 Å². The topological polar surface area (TPSA) is 126 Å². The third kappa shape index (κ3) is 5.77. The molecule has 0 saturated heterocycles. The number of nitrogens with one attached hydrogen (secondary N) is 1. The summed E-state index contributed by atoms with van der Waals surface area (Å²) in [6.45, 7) is 3.93. The number of carbonyl (C=O) groups excluding carboxylic acids is 1. The molecule has 0 amide bonds. The molecule has 2 aromatic heterocycles. The first-order chi connectivity index (χ1) is 15.5. The molecule has 0 aliphatic heterocycles. The Morgan fingerprint density at radius 2 is 2.03 bits per heavy atom. The first kappa shape index (κ1) is 23.1. The zero-order valence-corrected chi connectivity index (χ0v) is 18.8. The Morgan fingerprint density at radius 3 is 2.78 bits per heavy atom. The maximum absolute atomic E-state index is 11.5. The van der Waals surface area contributed by atoms with Gasteiger partial charge in [-0.2, -0.15) is 15.0 Å². The number of benzene rings is 1. The van der Waals surface area contributed by atoms with Gasteiger partial charge in [-0.3, -0.25) is 9.36 Å². The van der Waals surface area contributed by atoms with E-state index in [-0.39, 0.29) is 24.2 Å². The van der Waals surface area contributed by atoms with Gasteiger partial charge in [-0.05, 0) is 30.5 Å². The zero-order chi connectivity index (χ0) is 22.9. The van der Waals surface area contributed by atoms with Crippen molar-refractivity contribution < 1.29 is 19.0 Å². The van der Waals surface area contributed by atoms with Crippen molar-refractivity contribution in [3.63, 3.8) is 0 Å². The number of hydrogen-bond acceptors (Lipinski definition) is 9. The second-order valence-electron chi connectivity index (χ2n) is 7.25. The number of fused-ring (bicyclic) bond motifs is 1. The normalized spacial score (nSPS) is 10.8. The van der Waals surface area contributed by atoms with E-state index in [2.05, 4.69) is 27.2 Å². The number of nitrogens with zero attached hydrogens (tertiary/aromatic N) is 4. The van der Waals surface area contributed by atoms with Crippen LogP contribution in [0.5, 0.6) is 12.0 Å². The van der Waals surface area contributed by atoms with Gasteiger partial charge in [0.2, 0.25) is 0 Å². The zero-order valence-electron chi connectivity index (χ0n) is 18.8. The Labute approximate surface area is 187 Å². The highest BCUT2D eigenvalue weighted by Gasteiger charge is 2.17. The monoisotopic (exact) mass is 442 g/mol. The van der Waals surface area contributed by atoms with E-state index in [9.17, 15) is 4.79 Å². The number of nitrogen functional groups attached to an aromatic ring is 1. The number of rotatable bonds is 12. The van der Waals surface area contributed by atoms with E-state index >= 15 is 0 Å². The lowest BCUT2D eigenvalue weighted by molar-refractivity contribution is -0.139. The molecular weight excluding hydrogens is 412 g/mol. The summed E-state index contributed by atoms with van der Waals surface area (Å²) in [5, 5.41) is 3.37. The van der Waals surface area contributed by atoms with Crippen LogP contribution in [-0.2, 0) is 22.5 Å². The van der Waals surface area contributed by atoms with Crippen LogP contribution >= 0.6 is 0 Å². The largest absolute Gasteiger partial charge is 0.469 e. The van der Waals surface area contributed by atoms with E-state index in [1.54, 1.807) is 7.11 Å². The highest BCUT2D eigenvalue weighted by atomic mass is 16.5. The van der Waals surface area contributed by atoms with E-state index in [4.69, 9.17) is 19.9 Å². The number of methoxy groups -OCH3 is 2. The van der Waals surface area contributed by atoms with Gasteiger partial charge in [0.15, 0.2) is 17.0 Å². The van der Waals surface area contributed by atoms with Crippen molar-refractivity contribution in [3.8, 4) is 12.0 Å². The molecule has 0 bridgehead atoms. The van der Waals surface area contributed by atoms with Crippen molar-refractivity contribution in [2.75, 3.05) is 38.4 Å². The first-order valence-electron chi connectivity index (χ1n) is 10.7. The van der Waals surface area contributed by atoms with Crippen LogP contribution in [0.3, 0.4) is 0 Å². The molecule has 0 fully saturated rings. The lowest BCUT2D eigenvalue weighted by atomic mass is 10.1. The van der Waals surface area contributed by atoms with Crippen LogP contribution in [0.15, 0.2) is 24.3 Å². The Bertz CT molecular complexity index is 1050. The number of imidazole rings is 1. The minimum Gasteiger partial charge on any atom is -0.469 e. The molecule has 3 aromatic rings. The second kappa shape index (κ2) is 11.2. The summed E-state index contributed by atoms with van der Waals surface area (Å²) in [4.78, 5) is 24.6. The molecule has 0 spiro atoms. The van der Waals surface area contributed by atoms with Gasteiger partial charge in [0.1, 0.15) is 0 Å². The second-order valence-corrected chi connectivity index (χ2v) is 7.25. The number of anilines is 2.